The van der Waals surface area contributed by atoms with Gasteiger partial charge in [-0.25, -0.2) is 4.79 Å². The van der Waals surface area contributed by atoms with E-state index in [1.807, 2.05) is 0 Å². The van der Waals surface area contributed by atoms with Gasteiger partial charge in [0.1, 0.15) is 11.6 Å². The molecular weight excluding hydrogens is 391 g/mol. The van der Waals surface area contributed by atoms with Crippen LogP contribution in [0, 0.1) is 5.92 Å². The van der Waals surface area contributed by atoms with E-state index >= 15 is 0 Å². The topological polar surface area (TPSA) is 71.1 Å². The molecule has 0 radical (unpaired) electrons. The molecule has 29 heavy (non-hydrogen) atoms. The van der Waals surface area contributed by atoms with Crippen LogP contribution in [-0.2, 0) is 14.3 Å². The molecule has 2 aliphatic heterocycles. The number of rotatable bonds is 4. The maximum atomic E-state index is 13.2. The number of carbonyl (C=O) groups is 2. The van der Waals surface area contributed by atoms with Gasteiger partial charge in [0, 0.05) is 39.4 Å². The number of hydrogen-bond acceptors (Lipinski definition) is 5. The van der Waals surface area contributed by atoms with E-state index in [-0.39, 0.29) is 31.5 Å². The molecule has 1 N–H and O–H groups in total. The predicted octanol–water partition coefficient (Wildman–Crippen LogP) is 2.40. The number of hydrogen-bond donors (Lipinski definition) is 1. The maximum absolute atomic E-state index is 13.2. The van der Waals surface area contributed by atoms with E-state index < -0.39 is 30.5 Å². The van der Waals surface area contributed by atoms with Gasteiger partial charge in [0.2, 0.25) is 5.91 Å². The van der Waals surface area contributed by atoms with Crippen LogP contribution in [0.15, 0.2) is 0 Å². The summed E-state index contributed by atoms with van der Waals surface area (Å²) in [6.45, 7) is 6.24. The first-order valence-electron chi connectivity index (χ1n) is 10.1. The molecule has 0 saturated carbocycles. The van der Waals surface area contributed by atoms with Gasteiger partial charge in [-0.2, -0.15) is 13.2 Å². The number of nitrogens with zero attached hydrogens (tertiary/aromatic N) is 2. The lowest BCUT2D eigenvalue weighted by Gasteiger charge is -2.34. The highest BCUT2D eigenvalue weighted by atomic mass is 19.4. The van der Waals surface area contributed by atoms with Crippen molar-refractivity contribution in [3.8, 4) is 0 Å². The Morgan fingerprint density at radius 1 is 1.10 bits per heavy atom. The molecule has 0 aromatic heterocycles. The van der Waals surface area contributed by atoms with Crippen molar-refractivity contribution in [3.63, 3.8) is 0 Å². The summed E-state index contributed by atoms with van der Waals surface area (Å²) >= 11 is 0. The number of alkyl halides is 3. The number of alkyl carbamates (subject to hydrolysis) is 1. The van der Waals surface area contributed by atoms with Crippen LogP contribution in [0.5, 0.6) is 0 Å². The van der Waals surface area contributed by atoms with Crippen molar-refractivity contribution in [1.29, 1.82) is 0 Å². The van der Waals surface area contributed by atoms with Gasteiger partial charge >= 0.3 is 12.3 Å². The minimum absolute atomic E-state index is 0.0988. The zero-order valence-corrected chi connectivity index (χ0v) is 17.4. The quantitative estimate of drug-likeness (QED) is 0.752. The van der Waals surface area contributed by atoms with Gasteiger partial charge in [-0.3, -0.25) is 9.69 Å². The van der Waals surface area contributed by atoms with Gasteiger partial charge in [0.05, 0.1) is 6.54 Å². The highest BCUT2D eigenvalue weighted by Crippen LogP contribution is 2.22. The zero-order valence-electron chi connectivity index (χ0n) is 17.4. The summed E-state index contributed by atoms with van der Waals surface area (Å²) in [5.41, 5.74) is -0.700. The molecule has 2 rings (SSSR count). The van der Waals surface area contributed by atoms with Crippen LogP contribution in [-0.4, -0.2) is 85.6 Å². The van der Waals surface area contributed by atoms with Crippen molar-refractivity contribution in [2.24, 2.45) is 5.92 Å². The summed E-state index contributed by atoms with van der Waals surface area (Å²) in [5.74, 6) is -0.366. The minimum atomic E-state index is -4.26. The fraction of sp³-hybridized carbons (Fsp3) is 0.895. The average molecular weight is 423 g/mol. The van der Waals surface area contributed by atoms with Crippen LogP contribution in [0.3, 0.4) is 0 Å². The van der Waals surface area contributed by atoms with E-state index in [0.717, 1.165) is 0 Å². The highest BCUT2D eigenvalue weighted by molar-refractivity contribution is 5.86. The number of amides is 2. The first kappa shape index (κ1) is 23.7. The number of ether oxygens (including phenoxy) is 2. The number of carbonyl (C=O) groups excluding carboxylic acids is 2. The van der Waals surface area contributed by atoms with E-state index in [1.54, 1.807) is 25.7 Å². The standard InChI is InChI=1S/C19H32F3N3O4/c1-18(2,3)29-17(27)23-15(14-5-11-28-12-6-14)16(26)25-8-4-7-24(9-10-25)13-19(20,21)22/h14-15H,4-13H2,1-3H3,(H,23,27)/t15-/m0/s1. The van der Waals surface area contributed by atoms with E-state index in [0.29, 0.717) is 39.0 Å². The van der Waals surface area contributed by atoms with E-state index in [2.05, 4.69) is 5.32 Å². The monoisotopic (exact) mass is 423 g/mol. The second-order valence-corrected chi connectivity index (χ2v) is 8.64. The summed E-state index contributed by atoms with van der Waals surface area (Å²) in [4.78, 5) is 28.4. The second-order valence-electron chi connectivity index (χ2n) is 8.64. The molecule has 0 spiro atoms. The van der Waals surface area contributed by atoms with Crippen molar-refractivity contribution in [2.75, 3.05) is 45.9 Å². The molecule has 2 amide bonds. The first-order chi connectivity index (χ1) is 13.4. The molecule has 0 aromatic carbocycles. The third-order valence-electron chi connectivity index (χ3n) is 4.98. The largest absolute Gasteiger partial charge is 0.444 e. The maximum Gasteiger partial charge on any atom is 0.408 e. The van der Waals surface area contributed by atoms with Crippen molar-refractivity contribution < 1.29 is 32.2 Å². The van der Waals surface area contributed by atoms with Gasteiger partial charge < -0.3 is 19.7 Å². The molecule has 0 bridgehead atoms. The Kier molecular flexibility index (Phi) is 8.16. The molecule has 2 aliphatic rings. The predicted molar refractivity (Wildman–Crippen MR) is 100 cm³/mol. The molecule has 7 nitrogen and oxygen atoms in total. The van der Waals surface area contributed by atoms with Crippen molar-refractivity contribution in [3.05, 3.63) is 0 Å². The molecule has 0 aromatic rings. The Bertz CT molecular complexity index is 560. The van der Waals surface area contributed by atoms with Crippen LogP contribution in [0.25, 0.3) is 0 Å². The molecule has 0 aliphatic carbocycles. The van der Waals surface area contributed by atoms with Crippen LogP contribution in [0.4, 0.5) is 18.0 Å². The molecule has 0 unspecified atom stereocenters. The van der Waals surface area contributed by atoms with Crippen LogP contribution < -0.4 is 5.32 Å². The normalized spacial score (nSPS) is 21.4. The molecule has 2 fully saturated rings. The summed E-state index contributed by atoms with van der Waals surface area (Å²) in [6.07, 6.45) is -3.23. The van der Waals surface area contributed by atoms with E-state index in [4.69, 9.17) is 9.47 Å². The van der Waals surface area contributed by atoms with E-state index in [9.17, 15) is 22.8 Å². The summed E-state index contributed by atoms with van der Waals surface area (Å²) in [5, 5.41) is 2.71. The molecule has 2 heterocycles. The number of nitrogens with one attached hydrogen (secondary N) is 1. The van der Waals surface area contributed by atoms with Crippen LogP contribution in [0.1, 0.15) is 40.0 Å². The Morgan fingerprint density at radius 2 is 1.76 bits per heavy atom. The SMILES string of the molecule is CC(C)(C)OC(=O)N[C@H](C(=O)N1CCCN(CC(F)(F)F)CC1)C1CCOCC1. The summed E-state index contributed by atoms with van der Waals surface area (Å²) < 4.78 is 48.7. The smallest absolute Gasteiger partial charge is 0.408 e. The van der Waals surface area contributed by atoms with Gasteiger partial charge in [-0.15, -0.1) is 0 Å². The lowest BCUT2D eigenvalue weighted by molar-refractivity contribution is -0.145. The molecule has 10 heteroatoms. The Hall–Kier alpha value is -1.55. The minimum Gasteiger partial charge on any atom is -0.444 e. The van der Waals surface area contributed by atoms with Gasteiger partial charge in [0.15, 0.2) is 0 Å². The first-order valence-corrected chi connectivity index (χ1v) is 10.1. The van der Waals surface area contributed by atoms with Gasteiger partial charge in [-0.05, 0) is 46.0 Å². The van der Waals surface area contributed by atoms with E-state index in [1.165, 1.54) is 4.90 Å². The van der Waals surface area contributed by atoms with Crippen LogP contribution >= 0.6 is 0 Å². The number of halogens is 3. The Labute approximate surface area is 169 Å². The van der Waals surface area contributed by atoms with Crippen molar-refractivity contribution in [1.82, 2.24) is 15.1 Å². The average Bonchev–Trinajstić information content (AvgIpc) is 2.82. The summed E-state index contributed by atoms with van der Waals surface area (Å²) in [7, 11) is 0. The third-order valence-corrected chi connectivity index (χ3v) is 4.98. The lowest BCUT2D eigenvalue weighted by atomic mass is 9.90. The fourth-order valence-corrected chi connectivity index (χ4v) is 3.66. The molecular formula is C19H32F3N3O4. The van der Waals surface area contributed by atoms with Gasteiger partial charge in [-0.1, -0.05) is 0 Å². The molecule has 2 saturated heterocycles. The Morgan fingerprint density at radius 3 is 2.34 bits per heavy atom. The van der Waals surface area contributed by atoms with Gasteiger partial charge in [0.25, 0.3) is 0 Å². The second kappa shape index (κ2) is 9.97. The third kappa shape index (κ3) is 8.38. The van der Waals surface area contributed by atoms with Crippen molar-refractivity contribution >= 4 is 12.0 Å². The highest BCUT2D eigenvalue weighted by Gasteiger charge is 2.37. The Balaban J connectivity index is 2.04. The zero-order chi connectivity index (χ0) is 21.7. The van der Waals surface area contributed by atoms with Crippen molar-refractivity contribution in [2.45, 2.75) is 57.9 Å². The summed E-state index contributed by atoms with van der Waals surface area (Å²) in [6, 6.07) is -0.775. The fourth-order valence-electron chi connectivity index (χ4n) is 3.66. The molecule has 1 atom stereocenters. The lowest BCUT2D eigenvalue weighted by Crippen LogP contribution is -2.54. The van der Waals surface area contributed by atoms with Crippen LogP contribution in [0.2, 0.25) is 0 Å². The molecule has 168 valence electrons.